The third-order valence-electron chi connectivity index (χ3n) is 4.84. The van der Waals surface area contributed by atoms with Crippen molar-refractivity contribution in [1.82, 2.24) is 9.97 Å². The van der Waals surface area contributed by atoms with E-state index in [9.17, 15) is 25.9 Å². The molecular formula is C22H18N2O6S2. The number of nitrogens with one attached hydrogen (secondary N) is 2. The maximum atomic E-state index is 12.0. The van der Waals surface area contributed by atoms with Crippen LogP contribution in [0.25, 0.3) is 34.7 Å². The van der Waals surface area contributed by atoms with Crippen molar-refractivity contribution in [3.8, 4) is 22.5 Å². The summed E-state index contributed by atoms with van der Waals surface area (Å²) in [5.41, 5.74) is 2.73. The van der Waals surface area contributed by atoms with E-state index in [1.54, 1.807) is 48.8 Å². The molecule has 32 heavy (non-hydrogen) atoms. The normalized spacial score (nSPS) is 12.4. The minimum atomic E-state index is -4.56. The van der Waals surface area contributed by atoms with Crippen molar-refractivity contribution in [2.75, 3.05) is 0 Å². The monoisotopic (exact) mass is 470 g/mol. The number of benzene rings is 2. The maximum Gasteiger partial charge on any atom is 0.295 e. The Hall–Kier alpha value is -3.44. The fourth-order valence-corrected chi connectivity index (χ4v) is 4.75. The van der Waals surface area contributed by atoms with E-state index in [2.05, 4.69) is 9.97 Å². The van der Waals surface area contributed by atoms with Crippen LogP contribution >= 0.6 is 0 Å². The van der Waals surface area contributed by atoms with E-state index in [1.807, 2.05) is 0 Å². The fraction of sp³-hybridized carbons (Fsp3) is 0. The van der Waals surface area contributed by atoms with E-state index in [0.29, 0.717) is 22.5 Å². The van der Waals surface area contributed by atoms with Crippen molar-refractivity contribution in [1.29, 1.82) is 0 Å². The zero-order chi connectivity index (χ0) is 22.9. The molecule has 10 heteroatoms. The van der Waals surface area contributed by atoms with Gasteiger partial charge >= 0.3 is 0 Å². The molecule has 0 spiro atoms. The Bertz CT molecular complexity index is 1390. The molecule has 0 bridgehead atoms. The highest BCUT2D eigenvalue weighted by Crippen LogP contribution is 2.28. The van der Waals surface area contributed by atoms with Gasteiger partial charge in [-0.2, -0.15) is 16.8 Å². The maximum absolute atomic E-state index is 12.0. The first-order chi connectivity index (χ1) is 15.1. The van der Waals surface area contributed by atoms with E-state index >= 15 is 0 Å². The zero-order valence-electron chi connectivity index (χ0n) is 16.4. The molecule has 0 aliphatic rings. The number of hydrogen-bond donors (Lipinski definition) is 4. The molecule has 8 nitrogen and oxygen atoms in total. The molecule has 2 heterocycles. The Morgan fingerprint density at radius 1 is 0.625 bits per heavy atom. The number of H-pyrrole nitrogens is 2. The molecule has 0 amide bonds. The number of aromatic amines is 2. The van der Waals surface area contributed by atoms with Crippen LogP contribution in [0.2, 0.25) is 0 Å². The highest BCUT2D eigenvalue weighted by Gasteiger charge is 2.18. The van der Waals surface area contributed by atoms with Crippen LogP contribution in [0.5, 0.6) is 0 Å². The molecule has 0 atom stereocenters. The molecule has 0 radical (unpaired) electrons. The summed E-state index contributed by atoms with van der Waals surface area (Å²) >= 11 is 0. The first-order valence-electron chi connectivity index (χ1n) is 9.31. The van der Waals surface area contributed by atoms with E-state index in [-0.39, 0.29) is 20.9 Å². The van der Waals surface area contributed by atoms with Crippen molar-refractivity contribution in [3.05, 3.63) is 84.2 Å². The molecule has 164 valence electrons. The van der Waals surface area contributed by atoms with Gasteiger partial charge in [0.1, 0.15) is 9.79 Å². The van der Waals surface area contributed by atoms with E-state index in [4.69, 9.17) is 0 Å². The molecule has 0 aliphatic carbocycles. The van der Waals surface area contributed by atoms with Gasteiger partial charge in [0.15, 0.2) is 0 Å². The molecule has 2 aromatic carbocycles. The van der Waals surface area contributed by atoms with Gasteiger partial charge in [-0.25, -0.2) is 0 Å². The average Bonchev–Trinajstić information content (AvgIpc) is 3.45. The van der Waals surface area contributed by atoms with Crippen LogP contribution in [0.4, 0.5) is 0 Å². The Labute approximate surface area is 184 Å². The second-order valence-electron chi connectivity index (χ2n) is 6.96. The second-order valence-corrected chi connectivity index (χ2v) is 9.74. The van der Waals surface area contributed by atoms with Gasteiger partial charge in [-0.3, -0.25) is 9.11 Å². The van der Waals surface area contributed by atoms with Gasteiger partial charge in [-0.1, -0.05) is 36.4 Å². The van der Waals surface area contributed by atoms with Crippen LogP contribution in [0.3, 0.4) is 0 Å². The van der Waals surface area contributed by atoms with Gasteiger partial charge in [0, 0.05) is 23.8 Å². The van der Waals surface area contributed by atoms with E-state index in [0.717, 1.165) is 0 Å². The molecule has 0 fully saturated rings. The third-order valence-corrected chi connectivity index (χ3v) is 6.66. The van der Waals surface area contributed by atoms with Gasteiger partial charge in [-0.05, 0) is 58.7 Å². The average molecular weight is 471 g/mol. The SMILES string of the molecule is O=S(=O)(O)c1cc(-c2ccc[nH]2)ccc1C=Cc1ccc(-c2ccc[nH]2)cc1S(=O)(=O)O. The molecule has 0 aliphatic heterocycles. The van der Waals surface area contributed by atoms with Crippen molar-refractivity contribution in [3.63, 3.8) is 0 Å². The van der Waals surface area contributed by atoms with Crippen molar-refractivity contribution < 1.29 is 25.9 Å². The summed E-state index contributed by atoms with van der Waals surface area (Å²) in [5, 5.41) is 0. The van der Waals surface area contributed by atoms with Gasteiger partial charge in [-0.15, -0.1) is 0 Å². The predicted molar refractivity (Wildman–Crippen MR) is 121 cm³/mol. The lowest BCUT2D eigenvalue weighted by molar-refractivity contribution is 0.480. The Kier molecular flexibility index (Phi) is 5.61. The van der Waals surface area contributed by atoms with Crippen LogP contribution in [-0.2, 0) is 20.2 Å². The van der Waals surface area contributed by atoms with Gasteiger partial charge in [0.05, 0.1) is 0 Å². The topological polar surface area (TPSA) is 140 Å². The summed E-state index contributed by atoms with van der Waals surface area (Å²) in [4.78, 5) is 5.25. The number of hydrogen-bond acceptors (Lipinski definition) is 4. The third kappa shape index (κ3) is 4.58. The molecule has 4 aromatic rings. The van der Waals surface area contributed by atoms with E-state index < -0.39 is 20.2 Å². The van der Waals surface area contributed by atoms with Crippen LogP contribution in [0.15, 0.2) is 82.8 Å². The van der Waals surface area contributed by atoms with Crippen molar-refractivity contribution in [2.24, 2.45) is 0 Å². The van der Waals surface area contributed by atoms with Crippen molar-refractivity contribution in [2.45, 2.75) is 9.79 Å². The lowest BCUT2D eigenvalue weighted by Crippen LogP contribution is -2.02. The highest BCUT2D eigenvalue weighted by molar-refractivity contribution is 7.86. The highest BCUT2D eigenvalue weighted by atomic mass is 32.2. The smallest absolute Gasteiger partial charge is 0.295 e. The minimum Gasteiger partial charge on any atom is -0.361 e. The summed E-state index contributed by atoms with van der Waals surface area (Å²) in [6, 6.07) is 16.0. The Morgan fingerprint density at radius 3 is 1.34 bits per heavy atom. The molecular weight excluding hydrogens is 452 g/mol. The van der Waals surface area contributed by atoms with Gasteiger partial charge < -0.3 is 9.97 Å². The van der Waals surface area contributed by atoms with Gasteiger partial charge in [0.25, 0.3) is 20.2 Å². The van der Waals surface area contributed by atoms with Crippen LogP contribution in [0.1, 0.15) is 11.1 Å². The van der Waals surface area contributed by atoms with Crippen LogP contribution < -0.4 is 0 Å². The molecule has 0 saturated carbocycles. The van der Waals surface area contributed by atoms with Crippen LogP contribution in [0, 0.1) is 0 Å². The van der Waals surface area contributed by atoms with Crippen molar-refractivity contribution >= 4 is 32.4 Å². The number of rotatable bonds is 6. The zero-order valence-corrected chi connectivity index (χ0v) is 18.1. The first-order valence-corrected chi connectivity index (χ1v) is 12.2. The quantitative estimate of drug-likeness (QED) is 0.244. The Balaban J connectivity index is 1.79. The fourth-order valence-electron chi connectivity index (χ4n) is 3.33. The number of aromatic nitrogens is 2. The molecule has 0 saturated heterocycles. The molecule has 0 unspecified atom stereocenters. The Morgan fingerprint density at radius 2 is 1.03 bits per heavy atom. The lowest BCUT2D eigenvalue weighted by atomic mass is 10.1. The summed E-state index contributed by atoms with van der Waals surface area (Å²) in [7, 11) is -9.13. The van der Waals surface area contributed by atoms with Gasteiger partial charge in [0.2, 0.25) is 0 Å². The standard InChI is InChI=1S/C22H18N2O6S2/c25-31(26,27)21-13-17(19-3-1-11-23-19)9-7-15(21)5-6-16-8-10-18(20-4-2-12-24-20)14-22(16)32(28,29)30/h1-14,23-24H,(H,25,26,27)(H,28,29,30). The predicted octanol–water partition coefficient (Wildman–Crippen LogP) is 4.34. The summed E-state index contributed by atoms with van der Waals surface area (Å²) < 4.78 is 67.3. The summed E-state index contributed by atoms with van der Waals surface area (Å²) in [6.07, 6.45) is 6.09. The summed E-state index contributed by atoms with van der Waals surface area (Å²) in [6.45, 7) is 0. The lowest BCUT2D eigenvalue weighted by Gasteiger charge is -2.08. The first kappa shape index (κ1) is 21.8. The minimum absolute atomic E-state index is 0.150. The summed E-state index contributed by atoms with van der Waals surface area (Å²) in [5.74, 6) is 0. The molecule has 4 rings (SSSR count). The van der Waals surface area contributed by atoms with Crippen LogP contribution in [-0.4, -0.2) is 35.9 Å². The largest absolute Gasteiger partial charge is 0.361 e. The second kappa shape index (κ2) is 8.24. The van der Waals surface area contributed by atoms with E-state index in [1.165, 1.54) is 36.4 Å². The molecule has 2 aromatic heterocycles. The molecule has 4 N–H and O–H groups in total.